The van der Waals surface area contributed by atoms with Gasteiger partial charge in [-0.1, -0.05) is 0 Å². The molecule has 112 valence electrons. The van der Waals surface area contributed by atoms with Gasteiger partial charge < -0.3 is 24.5 Å². The van der Waals surface area contributed by atoms with E-state index in [1.54, 1.807) is 12.5 Å². The van der Waals surface area contributed by atoms with Crippen LogP contribution in [0.2, 0.25) is 0 Å². The Bertz CT molecular complexity index is 439. The largest absolute Gasteiger partial charge is 0.472 e. The van der Waals surface area contributed by atoms with Gasteiger partial charge in [0.1, 0.15) is 5.60 Å². The summed E-state index contributed by atoms with van der Waals surface area (Å²) >= 11 is 0. The fourth-order valence-electron chi connectivity index (χ4n) is 2.11. The van der Waals surface area contributed by atoms with Gasteiger partial charge in [0, 0.05) is 18.7 Å². The molecule has 6 heteroatoms. The molecule has 0 aliphatic carbocycles. The summed E-state index contributed by atoms with van der Waals surface area (Å²) in [5, 5.41) is 13.2. The molecule has 1 aromatic rings. The number of hydrogen-bond acceptors (Lipinski definition) is 5. The monoisotopic (exact) mass is 282 g/mol. The number of carbonyl (C=O) groups excluding carboxylic acids is 1. The van der Waals surface area contributed by atoms with Crippen LogP contribution in [-0.2, 0) is 11.3 Å². The van der Waals surface area contributed by atoms with Gasteiger partial charge in [0.25, 0.3) is 0 Å². The van der Waals surface area contributed by atoms with Gasteiger partial charge in [-0.3, -0.25) is 0 Å². The van der Waals surface area contributed by atoms with E-state index in [1.807, 2.05) is 26.8 Å². The number of nitrogens with zero attached hydrogens (tertiary/aromatic N) is 1. The predicted octanol–water partition coefficient (Wildman–Crippen LogP) is 1.35. The number of carbonyl (C=O) groups is 1. The zero-order chi connectivity index (χ0) is 14.8. The van der Waals surface area contributed by atoms with Gasteiger partial charge in [-0.25, -0.2) is 4.79 Å². The highest BCUT2D eigenvalue weighted by molar-refractivity contribution is 5.68. The number of rotatable bonds is 3. The second-order valence-electron chi connectivity index (χ2n) is 6.07. The maximum atomic E-state index is 11.9. The first-order chi connectivity index (χ1) is 9.35. The minimum Gasteiger partial charge on any atom is -0.472 e. The lowest BCUT2D eigenvalue weighted by molar-refractivity contribution is 0.0270. The molecule has 6 nitrogen and oxygen atoms in total. The molecule has 0 saturated carbocycles. The SMILES string of the molecule is CC(C)(C)OC(=O)N1C[C@@H](O)[C@H](NCc2ccoc2)C1. The molecule has 0 spiro atoms. The van der Waals surface area contributed by atoms with E-state index in [-0.39, 0.29) is 18.7 Å². The van der Waals surface area contributed by atoms with Crippen molar-refractivity contribution in [1.82, 2.24) is 10.2 Å². The molecule has 2 atom stereocenters. The molecule has 0 unspecified atom stereocenters. The van der Waals surface area contributed by atoms with Crippen molar-refractivity contribution in [3.63, 3.8) is 0 Å². The van der Waals surface area contributed by atoms with Crippen molar-refractivity contribution >= 4 is 6.09 Å². The third kappa shape index (κ3) is 3.98. The molecule has 1 aliphatic heterocycles. The van der Waals surface area contributed by atoms with Crippen LogP contribution in [0.15, 0.2) is 23.0 Å². The Kier molecular flexibility index (Phi) is 4.35. The molecule has 2 heterocycles. The van der Waals surface area contributed by atoms with E-state index in [9.17, 15) is 9.90 Å². The minimum atomic E-state index is -0.589. The fourth-order valence-corrected chi connectivity index (χ4v) is 2.11. The molecule has 20 heavy (non-hydrogen) atoms. The van der Waals surface area contributed by atoms with E-state index in [0.29, 0.717) is 13.1 Å². The third-order valence-corrected chi connectivity index (χ3v) is 3.09. The average Bonchev–Trinajstić information content (AvgIpc) is 2.93. The first kappa shape index (κ1) is 14.9. The first-order valence-corrected chi connectivity index (χ1v) is 6.75. The van der Waals surface area contributed by atoms with Crippen molar-refractivity contribution in [2.24, 2.45) is 0 Å². The van der Waals surface area contributed by atoms with Crippen LogP contribution in [0.4, 0.5) is 4.79 Å². The smallest absolute Gasteiger partial charge is 0.410 e. The second kappa shape index (κ2) is 5.85. The summed E-state index contributed by atoms with van der Waals surface area (Å²) in [6, 6.07) is 1.71. The lowest BCUT2D eigenvalue weighted by atomic mass is 10.2. The predicted molar refractivity (Wildman–Crippen MR) is 73.1 cm³/mol. The first-order valence-electron chi connectivity index (χ1n) is 6.75. The number of β-amino-alcohol motifs (C(OH)–C–C–N with tert-alkyl or cyclic N) is 1. The number of nitrogens with one attached hydrogen (secondary N) is 1. The van der Waals surface area contributed by atoms with E-state index in [2.05, 4.69) is 5.32 Å². The third-order valence-electron chi connectivity index (χ3n) is 3.09. The highest BCUT2D eigenvalue weighted by Crippen LogP contribution is 2.16. The summed E-state index contributed by atoms with van der Waals surface area (Å²) in [6.07, 6.45) is 2.29. The Morgan fingerprint density at radius 3 is 2.90 bits per heavy atom. The van der Waals surface area contributed by atoms with Crippen molar-refractivity contribution in [2.45, 2.75) is 45.1 Å². The quantitative estimate of drug-likeness (QED) is 0.875. The van der Waals surface area contributed by atoms with Crippen LogP contribution in [0.1, 0.15) is 26.3 Å². The molecule has 2 N–H and O–H groups in total. The summed E-state index contributed by atoms with van der Waals surface area (Å²) in [5.74, 6) is 0. The van der Waals surface area contributed by atoms with Crippen LogP contribution < -0.4 is 5.32 Å². The van der Waals surface area contributed by atoms with Crippen molar-refractivity contribution in [3.05, 3.63) is 24.2 Å². The van der Waals surface area contributed by atoms with Gasteiger partial charge in [-0.2, -0.15) is 0 Å². The standard InChI is InChI=1S/C14H22N2O4/c1-14(2,3)20-13(18)16-7-11(12(17)8-16)15-6-10-4-5-19-9-10/h4-5,9,11-12,15,17H,6-8H2,1-3H3/t11-,12-/m1/s1. The molecule has 0 aromatic carbocycles. The topological polar surface area (TPSA) is 74.9 Å². The maximum Gasteiger partial charge on any atom is 0.410 e. The fraction of sp³-hybridized carbons (Fsp3) is 0.643. The number of likely N-dealkylation sites (tertiary alicyclic amines) is 1. The van der Waals surface area contributed by atoms with Crippen molar-refractivity contribution in [1.29, 1.82) is 0 Å². The summed E-state index contributed by atoms with van der Waals surface area (Å²) in [7, 11) is 0. The van der Waals surface area contributed by atoms with Crippen LogP contribution in [0, 0.1) is 0 Å². The van der Waals surface area contributed by atoms with Gasteiger partial charge in [-0.05, 0) is 26.8 Å². The van der Waals surface area contributed by atoms with Crippen molar-refractivity contribution < 1.29 is 19.1 Å². The molecule has 1 saturated heterocycles. The summed E-state index contributed by atoms with van der Waals surface area (Å²) in [5.41, 5.74) is 0.484. The molecule has 1 amide bonds. The van der Waals surface area contributed by atoms with Crippen LogP contribution in [-0.4, -0.2) is 46.9 Å². The zero-order valence-electron chi connectivity index (χ0n) is 12.1. The van der Waals surface area contributed by atoms with Crippen molar-refractivity contribution in [2.75, 3.05) is 13.1 Å². The Morgan fingerprint density at radius 1 is 1.55 bits per heavy atom. The molecule has 0 radical (unpaired) electrons. The number of aliphatic hydroxyl groups is 1. The van der Waals surface area contributed by atoms with E-state index in [1.165, 1.54) is 4.90 Å². The Morgan fingerprint density at radius 2 is 2.30 bits per heavy atom. The molecule has 1 fully saturated rings. The van der Waals surface area contributed by atoms with Crippen molar-refractivity contribution in [3.8, 4) is 0 Å². The Labute approximate surface area is 118 Å². The summed E-state index contributed by atoms with van der Waals surface area (Å²) < 4.78 is 10.3. The molecule has 0 bridgehead atoms. The second-order valence-corrected chi connectivity index (χ2v) is 6.07. The van der Waals surface area contributed by atoms with Gasteiger partial charge in [0.05, 0.1) is 31.2 Å². The summed E-state index contributed by atoms with van der Waals surface area (Å²) in [4.78, 5) is 13.5. The van der Waals surface area contributed by atoms with E-state index < -0.39 is 11.7 Å². The maximum absolute atomic E-state index is 11.9. The molecular weight excluding hydrogens is 260 g/mol. The number of ether oxygens (including phenoxy) is 1. The van der Waals surface area contributed by atoms with E-state index in [0.717, 1.165) is 5.56 Å². The van der Waals surface area contributed by atoms with E-state index >= 15 is 0 Å². The zero-order valence-corrected chi connectivity index (χ0v) is 12.1. The molecule has 1 aromatic heterocycles. The van der Waals surface area contributed by atoms with E-state index in [4.69, 9.17) is 9.15 Å². The Balaban J connectivity index is 1.84. The average molecular weight is 282 g/mol. The lowest BCUT2D eigenvalue weighted by Crippen LogP contribution is -2.39. The van der Waals surface area contributed by atoms with Gasteiger partial charge in [-0.15, -0.1) is 0 Å². The highest BCUT2D eigenvalue weighted by atomic mass is 16.6. The van der Waals surface area contributed by atoms with Gasteiger partial charge in [0.15, 0.2) is 0 Å². The molecule has 1 aliphatic rings. The van der Waals surface area contributed by atoms with Crippen LogP contribution in [0.3, 0.4) is 0 Å². The van der Waals surface area contributed by atoms with Crippen LogP contribution >= 0.6 is 0 Å². The number of aliphatic hydroxyl groups excluding tert-OH is 1. The molecule has 2 rings (SSSR count). The van der Waals surface area contributed by atoms with Gasteiger partial charge in [0.2, 0.25) is 0 Å². The molecular formula is C14H22N2O4. The number of amides is 1. The minimum absolute atomic E-state index is 0.155. The van der Waals surface area contributed by atoms with Crippen LogP contribution in [0.5, 0.6) is 0 Å². The Hall–Kier alpha value is -1.53. The summed E-state index contributed by atoms with van der Waals surface area (Å²) in [6.45, 7) is 6.80. The number of hydrogen-bond donors (Lipinski definition) is 2. The van der Waals surface area contributed by atoms with Gasteiger partial charge >= 0.3 is 6.09 Å². The number of furan rings is 1. The van der Waals surface area contributed by atoms with Crippen LogP contribution in [0.25, 0.3) is 0 Å². The highest BCUT2D eigenvalue weighted by Gasteiger charge is 2.35. The normalized spacial score (nSPS) is 23.1. The lowest BCUT2D eigenvalue weighted by Gasteiger charge is -2.24.